The third-order valence-electron chi connectivity index (χ3n) is 4.88. The average molecular weight is 366 g/mol. The molecule has 26 heavy (non-hydrogen) atoms. The molecule has 1 saturated heterocycles. The first kappa shape index (κ1) is 17.2. The fourth-order valence-electron chi connectivity index (χ4n) is 3.51. The maximum atomic E-state index is 10.9. The summed E-state index contributed by atoms with van der Waals surface area (Å²) >= 11 is 1.90. The average Bonchev–Trinajstić information content (AvgIpc) is 2.82. The van der Waals surface area contributed by atoms with E-state index >= 15 is 0 Å². The topological polar surface area (TPSA) is 49.9 Å². The molecule has 0 bridgehead atoms. The quantitative estimate of drug-likeness (QED) is 0.557. The Hall–Kier alpha value is -2.27. The molecule has 0 amide bonds. The van der Waals surface area contributed by atoms with Gasteiger partial charge >= 0.3 is 0 Å². The summed E-state index contributed by atoms with van der Waals surface area (Å²) in [6, 6.07) is 12.8. The molecular formula is C21H23N3OS. The van der Waals surface area contributed by atoms with Crippen molar-refractivity contribution in [1.29, 1.82) is 0 Å². The molecule has 0 saturated carbocycles. The summed E-state index contributed by atoms with van der Waals surface area (Å²) in [4.78, 5) is 0. The highest BCUT2D eigenvalue weighted by Crippen LogP contribution is 2.45. The van der Waals surface area contributed by atoms with E-state index in [2.05, 4.69) is 55.3 Å². The van der Waals surface area contributed by atoms with E-state index in [1.165, 1.54) is 5.56 Å². The second-order valence-electron chi connectivity index (χ2n) is 6.98. The van der Waals surface area contributed by atoms with Crippen LogP contribution in [0.1, 0.15) is 29.7 Å². The fourth-order valence-corrected chi connectivity index (χ4v) is 4.25. The number of aromatic nitrogens is 1. The Balaban J connectivity index is 1.84. The highest BCUT2D eigenvalue weighted by atomic mass is 32.2. The van der Waals surface area contributed by atoms with Crippen LogP contribution in [0.3, 0.4) is 0 Å². The summed E-state index contributed by atoms with van der Waals surface area (Å²) in [5, 5.41) is 20.8. The minimum Gasteiger partial charge on any atom is -0.493 e. The molecule has 1 aromatic heterocycles. The molecule has 1 N–H and O–H groups in total. The number of fused-ring (bicyclic) bond motifs is 1. The Morgan fingerprint density at radius 1 is 1.08 bits per heavy atom. The van der Waals surface area contributed by atoms with Crippen LogP contribution in [0.5, 0.6) is 5.88 Å². The Labute approximate surface area is 158 Å². The number of azo groups is 1. The third-order valence-corrected chi connectivity index (χ3v) is 6.12. The molecule has 0 radical (unpaired) electrons. The first-order valence-corrected chi connectivity index (χ1v) is 10.2. The van der Waals surface area contributed by atoms with Crippen molar-refractivity contribution in [1.82, 2.24) is 4.57 Å². The number of aromatic hydroxyl groups is 1. The molecule has 1 aliphatic heterocycles. The van der Waals surface area contributed by atoms with Crippen LogP contribution in [0.2, 0.25) is 0 Å². The van der Waals surface area contributed by atoms with Crippen molar-refractivity contribution in [3.8, 4) is 5.88 Å². The van der Waals surface area contributed by atoms with E-state index in [-0.39, 0.29) is 5.88 Å². The summed E-state index contributed by atoms with van der Waals surface area (Å²) in [5.74, 6) is 2.29. The zero-order valence-corrected chi connectivity index (χ0v) is 16.2. The summed E-state index contributed by atoms with van der Waals surface area (Å²) < 4.78 is 2.03. The van der Waals surface area contributed by atoms with E-state index in [1.54, 1.807) is 0 Å². The number of thioether (sulfide) groups is 1. The molecule has 0 unspecified atom stereocenters. The van der Waals surface area contributed by atoms with Gasteiger partial charge < -0.3 is 9.67 Å². The van der Waals surface area contributed by atoms with Crippen LogP contribution >= 0.6 is 11.8 Å². The summed E-state index contributed by atoms with van der Waals surface area (Å²) in [6.07, 6.45) is 0.953. The zero-order valence-electron chi connectivity index (χ0n) is 15.4. The van der Waals surface area contributed by atoms with E-state index in [1.807, 2.05) is 28.5 Å². The van der Waals surface area contributed by atoms with Gasteiger partial charge in [-0.05, 0) is 61.2 Å². The van der Waals surface area contributed by atoms with Gasteiger partial charge in [-0.2, -0.15) is 16.9 Å². The minimum absolute atomic E-state index is 0.228. The van der Waals surface area contributed by atoms with Crippen LogP contribution in [0.15, 0.2) is 46.6 Å². The lowest BCUT2D eigenvalue weighted by molar-refractivity contribution is 0.406. The number of rotatable bonds is 4. The van der Waals surface area contributed by atoms with Crippen molar-refractivity contribution < 1.29 is 5.11 Å². The van der Waals surface area contributed by atoms with Crippen LogP contribution < -0.4 is 0 Å². The molecule has 4 rings (SSSR count). The van der Waals surface area contributed by atoms with Crippen molar-refractivity contribution in [2.24, 2.45) is 10.2 Å². The largest absolute Gasteiger partial charge is 0.493 e. The molecule has 0 atom stereocenters. The third kappa shape index (κ3) is 3.01. The van der Waals surface area contributed by atoms with E-state index in [0.29, 0.717) is 11.7 Å². The van der Waals surface area contributed by atoms with Crippen molar-refractivity contribution in [2.75, 3.05) is 11.5 Å². The summed E-state index contributed by atoms with van der Waals surface area (Å²) in [7, 11) is 0. The molecule has 2 heterocycles. The van der Waals surface area contributed by atoms with E-state index in [9.17, 15) is 5.11 Å². The lowest BCUT2D eigenvalue weighted by Gasteiger charge is -2.27. The predicted molar refractivity (Wildman–Crippen MR) is 109 cm³/mol. The van der Waals surface area contributed by atoms with Gasteiger partial charge in [-0.15, -0.1) is 5.11 Å². The molecule has 5 heteroatoms. The molecule has 3 aromatic rings. The van der Waals surface area contributed by atoms with E-state index in [0.717, 1.165) is 45.6 Å². The van der Waals surface area contributed by atoms with Gasteiger partial charge in [-0.3, -0.25) is 0 Å². The van der Waals surface area contributed by atoms with Gasteiger partial charge in [0.1, 0.15) is 0 Å². The zero-order chi connectivity index (χ0) is 18.3. The molecule has 2 aromatic carbocycles. The van der Waals surface area contributed by atoms with Gasteiger partial charge in [-0.25, -0.2) is 0 Å². The van der Waals surface area contributed by atoms with Gasteiger partial charge in [0.05, 0.1) is 17.2 Å². The molecule has 134 valence electrons. The van der Waals surface area contributed by atoms with Crippen molar-refractivity contribution in [3.63, 3.8) is 0 Å². The first-order valence-electron chi connectivity index (χ1n) is 9.00. The molecule has 1 aliphatic rings. The van der Waals surface area contributed by atoms with Gasteiger partial charge in [0, 0.05) is 16.9 Å². The molecule has 0 spiro atoms. The number of hydrogen-bond acceptors (Lipinski definition) is 4. The predicted octanol–water partition coefficient (Wildman–Crippen LogP) is 6.23. The normalized spacial score (nSPS) is 15.0. The Bertz CT molecular complexity index is 982. The Morgan fingerprint density at radius 3 is 2.42 bits per heavy atom. The lowest BCUT2D eigenvalue weighted by atomic mass is 10.1. The van der Waals surface area contributed by atoms with Crippen LogP contribution in [0.4, 0.5) is 11.4 Å². The first-order chi connectivity index (χ1) is 12.6. The standard InChI is InChI=1S/C21H23N3OS/c1-4-15-5-6-19-18(10-15)20(21(25)24(19)17-11-26-12-17)23-22-16-8-13(2)7-14(3)9-16/h5-10,17,25H,4,11-12H2,1-3H3. The van der Waals surface area contributed by atoms with E-state index < -0.39 is 0 Å². The van der Waals surface area contributed by atoms with Gasteiger partial charge in [0.15, 0.2) is 5.69 Å². The van der Waals surface area contributed by atoms with Crippen molar-refractivity contribution in [3.05, 3.63) is 53.1 Å². The number of aryl methyl sites for hydroxylation is 3. The maximum Gasteiger partial charge on any atom is 0.221 e. The Morgan fingerprint density at radius 2 is 1.81 bits per heavy atom. The minimum atomic E-state index is 0.228. The van der Waals surface area contributed by atoms with Crippen LogP contribution in [-0.4, -0.2) is 21.2 Å². The van der Waals surface area contributed by atoms with Gasteiger partial charge in [-0.1, -0.05) is 19.1 Å². The van der Waals surface area contributed by atoms with Crippen molar-refractivity contribution in [2.45, 2.75) is 33.2 Å². The van der Waals surface area contributed by atoms with E-state index in [4.69, 9.17) is 0 Å². The van der Waals surface area contributed by atoms with Crippen LogP contribution in [-0.2, 0) is 6.42 Å². The van der Waals surface area contributed by atoms with Crippen molar-refractivity contribution >= 4 is 34.0 Å². The fraction of sp³-hybridized carbons (Fsp3) is 0.333. The second kappa shape index (κ2) is 6.80. The monoisotopic (exact) mass is 365 g/mol. The smallest absolute Gasteiger partial charge is 0.221 e. The number of benzene rings is 2. The maximum absolute atomic E-state index is 10.9. The lowest BCUT2D eigenvalue weighted by Crippen LogP contribution is -2.22. The van der Waals surface area contributed by atoms with Crippen LogP contribution in [0.25, 0.3) is 10.9 Å². The number of nitrogens with zero attached hydrogens (tertiary/aromatic N) is 3. The molecule has 4 nitrogen and oxygen atoms in total. The molecule has 1 fully saturated rings. The summed E-state index contributed by atoms with van der Waals surface area (Å²) in [5.41, 5.74) is 5.98. The van der Waals surface area contributed by atoms with Gasteiger partial charge in [0.25, 0.3) is 0 Å². The SMILES string of the molecule is CCc1ccc2c(c1)c(N=Nc1cc(C)cc(C)c1)c(O)n2C1CSC1. The number of hydrogen-bond donors (Lipinski definition) is 1. The highest BCUT2D eigenvalue weighted by molar-refractivity contribution is 8.00. The highest BCUT2D eigenvalue weighted by Gasteiger charge is 2.27. The Kier molecular flexibility index (Phi) is 4.49. The summed E-state index contributed by atoms with van der Waals surface area (Å²) in [6.45, 7) is 6.24. The molecular weight excluding hydrogens is 342 g/mol. The second-order valence-corrected chi connectivity index (χ2v) is 8.06. The van der Waals surface area contributed by atoms with Crippen LogP contribution in [0, 0.1) is 13.8 Å². The van der Waals surface area contributed by atoms with Gasteiger partial charge in [0.2, 0.25) is 5.88 Å². The molecule has 0 aliphatic carbocycles.